The van der Waals surface area contributed by atoms with Crippen molar-refractivity contribution >= 4 is 11.9 Å². The Bertz CT molecular complexity index is 282. The topological polar surface area (TPSA) is 81.4 Å². The van der Waals surface area contributed by atoms with Gasteiger partial charge in [-0.15, -0.1) is 0 Å². The van der Waals surface area contributed by atoms with Gasteiger partial charge in [-0.05, 0) is 20.8 Å². The Balaban J connectivity index is 4.19. The molecule has 0 aromatic rings. The summed E-state index contributed by atoms with van der Waals surface area (Å²) < 4.78 is 4.52. The number of carbonyl (C=O) groups is 2. The lowest BCUT2D eigenvalue weighted by molar-refractivity contribution is -0.136. The maximum Gasteiger partial charge on any atom is 0.333 e. The second-order valence-corrected chi connectivity index (χ2v) is 3.75. The Morgan fingerprint density at radius 3 is 2.40 bits per heavy atom. The molecule has 0 spiro atoms. The molecule has 0 saturated carbocycles. The molecule has 15 heavy (non-hydrogen) atoms. The SMILES string of the molecule is COC(=O)C(C)=CCNC(C)(C)C(N)=O. The summed E-state index contributed by atoms with van der Waals surface area (Å²) in [4.78, 5) is 21.9. The van der Waals surface area contributed by atoms with Crippen LogP contribution in [0, 0.1) is 0 Å². The number of nitrogens with two attached hydrogens (primary N) is 1. The Morgan fingerprint density at radius 1 is 1.47 bits per heavy atom. The first kappa shape index (κ1) is 13.6. The summed E-state index contributed by atoms with van der Waals surface area (Å²) in [6, 6.07) is 0. The molecule has 0 aromatic heterocycles. The van der Waals surface area contributed by atoms with E-state index in [0.717, 1.165) is 0 Å². The summed E-state index contributed by atoms with van der Waals surface area (Å²) in [5.74, 6) is -0.819. The Morgan fingerprint density at radius 2 is 2.00 bits per heavy atom. The fourth-order valence-corrected chi connectivity index (χ4v) is 0.791. The van der Waals surface area contributed by atoms with Crippen LogP contribution in [0.15, 0.2) is 11.6 Å². The Labute approximate surface area is 89.7 Å². The van der Waals surface area contributed by atoms with E-state index in [9.17, 15) is 9.59 Å². The molecule has 5 heteroatoms. The highest BCUT2D eigenvalue weighted by atomic mass is 16.5. The quantitative estimate of drug-likeness (QED) is 0.497. The molecule has 0 unspecified atom stereocenters. The van der Waals surface area contributed by atoms with E-state index in [1.54, 1.807) is 26.8 Å². The van der Waals surface area contributed by atoms with Crippen LogP contribution in [-0.4, -0.2) is 31.1 Å². The van der Waals surface area contributed by atoms with E-state index >= 15 is 0 Å². The summed E-state index contributed by atoms with van der Waals surface area (Å²) in [5, 5.41) is 2.91. The van der Waals surface area contributed by atoms with E-state index in [0.29, 0.717) is 12.1 Å². The molecule has 0 aliphatic rings. The summed E-state index contributed by atoms with van der Waals surface area (Å²) >= 11 is 0. The number of rotatable bonds is 5. The van der Waals surface area contributed by atoms with Gasteiger partial charge in [-0.1, -0.05) is 6.08 Å². The predicted molar refractivity (Wildman–Crippen MR) is 57.0 cm³/mol. The van der Waals surface area contributed by atoms with E-state index in [1.807, 2.05) is 0 Å². The Hall–Kier alpha value is -1.36. The molecule has 5 nitrogen and oxygen atoms in total. The fraction of sp³-hybridized carbons (Fsp3) is 0.600. The van der Waals surface area contributed by atoms with E-state index in [-0.39, 0.29) is 5.97 Å². The number of amides is 1. The van der Waals surface area contributed by atoms with Crippen LogP contribution >= 0.6 is 0 Å². The number of hydrogen-bond donors (Lipinski definition) is 2. The number of ether oxygens (including phenoxy) is 1. The first-order chi connectivity index (χ1) is 6.81. The molecule has 0 saturated heterocycles. The smallest absolute Gasteiger partial charge is 0.333 e. The molecule has 0 radical (unpaired) electrons. The van der Waals surface area contributed by atoms with Gasteiger partial charge in [0, 0.05) is 12.1 Å². The van der Waals surface area contributed by atoms with E-state index in [4.69, 9.17) is 5.73 Å². The van der Waals surface area contributed by atoms with Crippen molar-refractivity contribution in [1.29, 1.82) is 0 Å². The van der Waals surface area contributed by atoms with Crippen molar-refractivity contribution < 1.29 is 14.3 Å². The van der Waals surface area contributed by atoms with Crippen LogP contribution in [0.5, 0.6) is 0 Å². The van der Waals surface area contributed by atoms with Gasteiger partial charge in [0.1, 0.15) is 0 Å². The van der Waals surface area contributed by atoms with Crippen molar-refractivity contribution in [3.63, 3.8) is 0 Å². The van der Waals surface area contributed by atoms with Gasteiger partial charge in [0.05, 0.1) is 12.6 Å². The number of carbonyl (C=O) groups excluding carboxylic acids is 2. The van der Waals surface area contributed by atoms with Crippen LogP contribution < -0.4 is 11.1 Å². The molecule has 0 heterocycles. The zero-order valence-electron chi connectivity index (χ0n) is 9.59. The van der Waals surface area contributed by atoms with Gasteiger partial charge in [0.15, 0.2) is 0 Å². The van der Waals surface area contributed by atoms with Gasteiger partial charge in [-0.3, -0.25) is 4.79 Å². The molecule has 3 N–H and O–H groups in total. The highest BCUT2D eigenvalue weighted by Crippen LogP contribution is 2.00. The van der Waals surface area contributed by atoms with Crippen LogP contribution in [0.4, 0.5) is 0 Å². The lowest BCUT2D eigenvalue weighted by atomic mass is 10.1. The van der Waals surface area contributed by atoms with Gasteiger partial charge in [-0.2, -0.15) is 0 Å². The summed E-state index contributed by atoms with van der Waals surface area (Å²) in [6.07, 6.45) is 1.65. The molecule has 0 atom stereocenters. The number of methoxy groups -OCH3 is 1. The predicted octanol–water partition coefficient (Wildman–Crippen LogP) is -0.0408. The average molecular weight is 214 g/mol. The summed E-state index contributed by atoms with van der Waals surface area (Å²) in [5.41, 5.74) is 4.87. The molecule has 0 rings (SSSR count). The maximum absolute atomic E-state index is 11.0. The van der Waals surface area contributed by atoms with Crippen molar-refractivity contribution in [3.05, 3.63) is 11.6 Å². The van der Waals surface area contributed by atoms with Gasteiger partial charge in [0.25, 0.3) is 0 Å². The first-order valence-electron chi connectivity index (χ1n) is 4.61. The van der Waals surface area contributed by atoms with E-state index < -0.39 is 11.4 Å². The van der Waals surface area contributed by atoms with E-state index in [2.05, 4.69) is 10.1 Å². The maximum atomic E-state index is 11.0. The normalized spacial score (nSPS) is 12.4. The standard InChI is InChI=1S/C10H18N2O3/c1-7(8(13)15-4)5-6-12-10(2,3)9(11)14/h5,12H,6H2,1-4H3,(H2,11,14). The monoisotopic (exact) mass is 214 g/mol. The van der Waals surface area contributed by atoms with Crippen molar-refractivity contribution in [1.82, 2.24) is 5.32 Å². The van der Waals surface area contributed by atoms with Crippen LogP contribution in [0.3, 0.4) is 0 Å². The molecule has 1 amide bonds. The third kappa shape index (κ3) is 4.60. The van der Waals surface area contributed by atoms with Crippen LogP contribution in [0.1, 0.15) is 20.8 Å². The third-order valence-corrected chi connectivity index (χ3v) is 2.08. The summed E-state index contributed by atoms with van der Waals surface area (Å²) in [6.45, 7) is 5.38. The first-order valence-corrected chi connectivity index (χ1v) is 4.61. The molecule has 0 bridgehead atoms. The lowest BCUT2D eigenvalue weighted by Crippen LogP contribution is -2.50. The van der Waals surface area contributed by atoms with Crippen LogP contribution in [0.25, 0.3) is 0 Å². The molecule has 86 valence electrons. The minimum Gasteiger partial charge on any atom is -0.466 e. The molecule has 0 aliphatic carbocycles. The zero-order valence-corrected chi connectivity index (χ0v) is 9.59. The second kappa shape index (κ2) is 5.50. The van der Waals surface area contributed by atoms with Crippen molar-refractivity contribution in [2.45, 2.75) is 26.3 Å². The van der Waals surface area contributed by atoms with Gasteiger partial charge in [0.2, 0.25) is 5.91 Å². The molecular formula is C10H18N2O3. The zero-order chi connectivity index (χ0) is 12.1. The number of esters is 1. The fourth-order valence-electron chi connectivity index (χ4n) is 0.791. The number of hydrogen-bond acceptors (Lipinski definition) is 4. The minimum absolute atomic E-state index is 0.381. The van der Waals surface area contributed by atoms with Crippen molar-refractivity contribution in [2.75, 3.05) is 13.7 Å². The number of primary amides is 1. The molecule has 0 aromatic carbocycles. The van der Waals surface area contributed by atoms with E-state index in [1.165, 1.54) is 7.11 Å². The largest absolute Gasteiger partial charge is 0.466 e. The third-order valence-electron chi connectivity index (χ3n) is 2.08. The van der Waals surface area contributed by atoms with Gasteiger partial charge < -0.3 is 15.8 Å². The molecule has 0 fully saturated rings. The summed E-state index contributed by atoms with van der Waals surface area (Å²) in [7, 11) is 1.32. The second-order valence-electron chi connectivity index (χ2n) is 3.75. The Kier molecular flexibility index (Phi) is 5.00. The van der Waals surface area contributed by atoms with Crippen molar-refractivity contribution in [2.24, 2.45) is 5.73 Å². The highest BCUT2D eigenvalue weighted by Gasteiger charge is 2.22. The van der Waals surface area contributed by atoms with Crippen molar-refractivity contribution in [3.8, 4) is 0 Å². The van der Waals surface area contributed by atoms with Crippen LogP contribution in [0.2, 0.25) is 0 Å². The molecule has 0 aliphatic heterocycles. The average Bonchev–Trinajstić information content (AvgIpc) is 2.15. The van der Waals surface area contributed by atoms with Gasteiger partial charge >= 0.3 is 5.97 Å². The lowest BCUT2D eigenvalue weighted by Gasteiger charge is -2.21. The van der Waals surface area contributed by atoms with Crippen LogP contribution in [-0.2, 0) is 14.3 Å². The van der Waals surface area contributed by atoms with Gasteiger partial charge in [-0.25, -0.2) is 4.79 Å². The minimum atomic E-state index is -0.785. The highest BCUT2D eigenvalue weighted by molar-refractivity contribution is 5.87. The molecular weight excluding hydrogens is 196 g/mol. The number of nitrogens with one attached hydrogen (secondary N) is 1.